The summed E-state index contributed by atoms with van der Waals surface area (Å²) >= 11 is 0. The van der Waals surface area contributed by atoms with Gasteiger partial charge in [-0.1, -0.05) is 0 Å². The molecule has 0 aromatic carbocycles. The summed E-state index contributed by atoms with van der Waals surface area (Å²) in [7, 11) is 0. The lowest BCUT2D eigenvalue weighted by Gasteiger charge is -2.23. The number of carbonyl (C=O) groups is 2. The van der Waals surface area contributed by atoms with E-state index in [9.17, 15) is 9.59 Å². The van der Waals surface area contributed by atoms with Crippen molar-refractivity contribution in [1.82, 2.24) is 4.98 Å². The molecular formula is C11H14N2O4. The number of aromatic nitrogens is 1. The molecule has 0 aliphatic carbocycles. The summed E-state index contributed by atoms with van der Waals surface area (Å²) in [6.07, 6.45) is 2.28. The molecular weight excluding hydrogens is 224 g/mol. The van der Waals surface area contributed by atoms with Crippen molar-refractivity contribution in [2.45, 2.75) is 19.8 Å². The molecule has 0 unspecified atom stereocenters. The maximum Gasteiger partial charge on any atom is 0.360 e. The molecule has 1 fully saturated rings. The number of piperidine rings is 1. The van der Waals surface area contributed by atoms with Gasteiger partial charge in [-0.25, -0.2) is 4.79 Å². The average Bonchev–Trinajstić information content (AvgIpc) is 2.80. The van der Waals surface area contributed by atoms with E-state index in [0.29, 0.717) is 38.6 Å². The van der Waals surface area contributed by atoms with Crippen molar-refractivity contribution < 1.29 is 18.7 Å². The number of hydrogen-bond acceptors (Lipinski definition) is 6. The summed E-state index contributed by atoms with van der Waals surface area (Å²) in [5, 5.41) is 0. The highest BCUT2D eigenvalue weighted by Gasteiger charge is 2.22. The predicted octanol–water partition coefficient (Wildman–Crippen LogP) is 1.02. The fraction of sp³-hybridized carbons (Fsp3) is 0.545. The minimum absolute atomic E-state index is 0.166. The lowest BCUT2D eigenvalue weighted by molar-refractivity contribution is -0.119. The molecule has 0 radical (unpaired) electrons. The van der Waals surface area contributed by atoms with E-state index in [1.807, 2.05) is 4.90 Å². The van der Waals surface area contributed by atoms with Crippen LogP contribution in [0.25, 0.3) is 0 Å². The summed E-state index contributed by atoms with van der Waals surface area (Å²) in [4.78, 5) is 28.4. The molecule has 0 spiro atoms. The molecule has 0 atom stereocenters. The molecule has 1 aliphatic heterocycles. The van der Waals surface area contributed by atoms with Gasteiger partial charge in [-0.15, -0.1) is 0 Å². The molecule has 0 saturated carbocycles. The van der Waals surface area contributed by atoms with E-state index in [2.05, 4.69) is 4.98 Å². The summed E-state index contributed by atoms with van der Waals surface area (Å²) in [6.45, 7) is 3.21. The number of rotatable bonds is 3. The zero-order chi connectivity index (χ0) is 12.3. The van der Waals surface area contributed by atoms with Crippen LogP contribution in [0.4, 0.5) is 6.01 Å². The Hall–Kier alpha value is -1.85. The highest BCUT2D eigenvalue weighted by molar-refractivity contribution is 5.87. The summed E-state index contributed by atoms with van der Waals surface area (Å²) < 4.78 is 10.0. The van der Waals surface area contributed by atoms with E-state index in [1.165, 1.54) is 6.26 Å². The highest BCUT2D eigenvalue weighted by atomic mass is 16.5. The molecule has 1 aliphatic rings. The Morgan fingerprint density at radius 2 is 2.24 bits per heavy atom. The van der Waals surface area contributed by atoms with Gasteiger partial charge >= 0.3 is 5.97 Å². The number of Topliss-reactive ketones (excluding diaryl/α,β-unsaturated/α-hetero) is 1. The SMILES string of the molecule is CCOC(=O)c1coc(N2CCC(=O)CC2)n1. The summed E-state index contributed by atoms with van der Waals surface area (Å²) in [5.41, 5.74) is 0.166. The van der Waals surface area contributed by atoms with Crippen molar-refractivity contribution in [2.24, 2.45) is 0 Å². The van der Waals surface area contributed by atoms with Crippen LogP contribution in [-0.2, 0) is 9.53 Å². The molecule has 6 heteroatoms. The first kappa shape index (κ1) is 11.6. The van der Waals surface area contributed by atoms with E-state index in [4.69, 9.17) is 9.15 Å². The molecule has 0 amide bonds. The normalized spacial score (nSPS) is 16.1. The Morgan fingerprint density at radius 3 is 2.88 bits per heavy atom. The van der Waals surface area contributed by atoms with Gasteiger partial charge in [0.2, 0.25) is 0 Å². The molecule has 2 rings (SSSR count). The van der Waals surface area contributed by atoms with Crippen molar-refractivity contribution in [1.29, 1.82) is 0 Å². The molecule has 6 nitrogen and oxygen atoms in total. The minimum atomic E-state index is -0.490. The van der Waals surface area contributed by atoms with Gasteiger partial charge in [0, 0.05) is 25.9 Å². The topological polar surface area (TPSA) is 72.6 Å². The number of nitrogens with zero attached hydrogens (tertiary/aromatic N) is 2. The van der Waals surface area contributed by atoms with Crippen LogP contribution in [0.5, 0.6) is 0 Å². The molecule has 1 aromatic rings. The number of carbonyl (C=O) groups excluding carboxylic acids is 2. The van der Waals surface area contributed by atoms with Gasteiger partial charge in [-0.2, -0.15) is 4.98 Å². The first-order valence-corrected chi connectivity index (χ1v) is 5.60. The molecule has 17 heavy (non-hydrogen) atoms. The third kappa shape index (κ3) is 2.64. The first-order chi connectivity index (χ1) is 8.20. The van der Waals surface area contributed by atoms with Crippen molar-refractivity contribution in [3.63, 3.8) is 0 Å². The fourth-order valence-corrected chi connectivity index (χ4v) is 1.66. The van der Waals surface area contributed by atoms with Gasteiger partial charge in [0.1, 0.15) is 12.0 Å². The standard InChI is InChI=1S/C11H14N2O4/c1-2-16-10(15)9-7-17-11(12-9)13-5-3-8(14)4-6-13/h7H,2-6H2,1H3. The van der Waals surface area contributed by atoms with Crippen LogP contribution in [0.1, 0.15) is 30.3 Å². The van der Waals surface area contributed by atoms with Gasteiger partial charge < -0.3 is 14.1 Å². The predicted molar refractivity (Wildman–Crippen MR) is 58.9 cm³/mol. The highest BCUT2D eigenvalue weighted by Crippen LogP contribution is 2.18. The van der Waals surface area contributed by atoms with E-state index in [1.54, 1.807) is 6.92 Å². The van der Waals surface area contributed by atoms with Crippen molar-refractivity contribution in [3.8, 4) is 0 Å². The number of oxazole rings is 1. The van der Waals surface area contributed by atoms with E-state index >= 15 is 0 Å². The van der Waals surface area contributed by atoms with Crippen molar-refractivity contribution in [3.05, 3.63) is 12.0 Å². The monoisotopic (exact) mass is 238 g/mol. The van der Waals surface area contributed by atoms with Gasteiger partial charge in [0.05, 0.1) is 6.61 Å². The zero-order valence-electron chi connectivity index (χ0n) is 9.64. The largest absolute Gasteiger partial charge is 0.461 e. The van der Waals surface area contributed by atoms with E-state index in [0.717, 1.165) is 0 Å². The summed E-state index contributed by atoms with van der Waals surface area (Å²) in [6, 6.07) is 0.376. The van der Waals surface area contributed by atoms with Gasteiger partial charge in [-0.05, 0) is 6.92 Å². The number of esters is 1. The Labute approximate surface area is 98.6 Å². The molecule has 0 N–H and O–H groups in total. The second-order valence-corrected chi connectivity index (χ2v) is 3.76. The number of ketones is 1. The average molecular weight is 238 g/mol. The third-order valence-electron chi connectivity index (χ3n) is 2.57. The van der Waals surface area contributed by atoms with Gasteiger partial charge in [0.25, 0.3) is 6.01 Å². The number of anilines is 1. The van der Waals surface area contributed by atoms with Crippen LogP contribution in [0, 0.1) is 0 Å². The minimum Gasteiger partial charge on any atom is -0.461 e. The second kappa shape index (κ2) is 4.99. The first-order valence-electron chi connectivity index (χ1n) is 5.60. The van der Waals surface area contributed by atoms with E-state index in [-0.39, 0.29) is 11.5 Å². The molecule has 1 aromatic heterocycles. The summed E-state index contributed by atoms with van der Waals surface area (Å²) in [5.74, 6) is -0.242. The van der Waals surface area contributed by atoms with Gasteiger partial charge in [0.15, 0.2) is 5.69 Å². The zero-order valence-corrected chi connectivity index (χ0v) is 9.64. The maximum absolute atomic E-state index is 11.4. The number of ether oxygens (including phenoxy) is 1. The fourth-order valence-electron chi connectivity index (χ4n) is 1.66. The Balaban J connectivity index is 2.03. The second-order valence-electron chi connectivity index (χ2n) is 3.76. The van der Waals surface area contributed by atoms with Crippen molar-refractivity contribution in [2.75, 3.05) is 24.6 Å². The Morgan fingerprint density at radius 1 is 1.53 bits per heavy atom. The van der Waals surface area contributed by atoms with Crippen LogP contribution >= 0.6 is 0 Å². The Bertz CT molecular complexity index is 417. The van der Waals surface area contributed by atoms with Crippen LogP contribution < -0.4 is 4.90 Å². The molecule has 0 bridgehead atoms. The molecule has 92 valence electrons. The lowest BCUT2D eigenvalue weighted by atomic mass is 10.1. The lowest BCUT2D eigenvalue weighted by Crippen LogP contribution is -2.33. The van der Waals surface area contributed by atoms with Crippen LogP contribution in [-0.4, -0.2) is 36.4 Å². The van der Waals surface area contributed by atoms with Crippen molar-refractivity contribution >= 4 is 17.8 Å². The van der Waals surface area contributed by atoms with E-state index < -0.39 is 5.97 Å². The van der Waals surface area contributed by atoms with Gasteiger partial charge in [-0.3, -0.25) is 4.79 Å². The number of hydrogen-bond donors (Lipinski definition) is 0. The quantitative estimate of drug-likeness (QED) is 0.732. The maximum atomic E-state index is 11.4. The van der Waals surface area contributed by atoms with Crippen LogP contribution in [0.15, 0.2) is 10.7 Å². The molecule has 1 saturated heterocycles. The smallest absolute Gasteiger partial charge is 0.360 e. The molecule has 2 heterocycles. The van der Waals surface area contributed by atoms with Crippen LogP contribution in [0.3, 0.4) is 0 Å². The third-order valence-corrected chi connectivity index (χ3v) is 2.57. The van der Waals surface area contributed by atoms with Crippen LogP contribution in [0.2, 0.25) is 0 Å². The Kier molecular flexibility index (Phi) is 3.41.